The number of aromatic amines is 1. The molecule has 1 aliphatic heterocycles. The van der Waals surface area contributed by atoms with Crippen LogP contribution in [0.15, 0.2) is 30.3 Å². The van der Waals surface area contributed by atoms with E-state index in [9.17, 15) is 14.7 Å². The number of H-pyrrole nitrogens is 1. The predicted molar refractivity (Wildman–Crippen MR) is 89.8 cm³/mol. The number of piperidine rings is 1. The minimum absolute atomic E-state index is 0.0705. The van der Waals surface area contributed by atoms with Crippen molar-refractivity contribution in [2.24, 2.45) is 11.8 Å². The van der Waals surface area contributed by atoms with Gasteiger partial charge in [0, 0.05) is 23.7 Å². The van der Waals surface area contributed by atoms with Crippen molar-refractivity contribution in [2.45, 2.75) is 13.3 Å². The van der Waals surface area contributed by atoms with Gasteiger partial charge in [-0.3, -0.25) is 14.7 Å². The Labute approximate surface area is 144 Å². The van der Waals surface area contributed by atoms with Crippen LogP contribution in [0.2, 0.25) is 5.02 Å². The van der Waals surface area contributed by atoms with Crippen molar-refractivity contribution >= 4 is 23.5 Å². The maximum Gasteiger partial charge on any atom is 0.306 e. The third-order valence-electron chi connectivity index (χ3n) is 4.46. The maximum atomic E-state index is 12.6. The predicted octanol–water partition coefficient (Wildman–Crippen LogP) is 2.91. The first-order chi connectivity index (χ1) is 11.5. The molecule has 2 atom stereocenters. The minimum atomic E-state index is -0.791. The number of nitrogens with zero attached hydrogens (tertiary/aromatic N) is 2. The zero-order chi connectivity index (χ0) is 17.3. The molecule has 0 aliphatic carbocycles. The molecule has 6 nitrogen and oxygen atoms in total. The topological polar surface area (TPSA) is 86.3 Å². The van der Waals surface area contributed by atoms with Gasteiger partial charge in [-0.15, -0.1) is 0 Å². The molecule has 2 heterocycles. The average Bonchev–Trinajstić information content (AvgIpc) is 3.04. The number of halogens is 1. The summed E-state index contributed by atoms with van der Waals surface area (Å²) in [7, 11) is 0. The van der Waals surface area contributed by atoms with E-state index in [1.807, 2.05) is 19.1 Å². The lowest BCUT2D eigenvalue weighted by atomic mass is 9.87. The van der Waals surface area contributed by atoms with Crippen LogP contribution in [0.4, 0.5) is 0 Å². The first-order valence-electron chi connectivity index (χ1n) is 7.79. The number of rotatable bonds is 3. The van der Waals surface area contributed by atoms with Gasteiger partial charge < -0.3 is 10.0 Å². The number of carboxylic acid groups (broad SMARTS) is 1. The van der Waals surface area contributed by atoms with E-state index in [0.717, 1.165) is 5.56 Å². The van der Waals surface area contributed by atoms with E-state index in [4.69, 9.17) is 11.6 Å². The summed E-state index contributed by atoms with van der Waals surface area (Å²) < 4.78 is 0. The number of likely N-dealkylation sites (tertiary alicyclic amines) is 1. The number of carbonyl (C=O) groups is 2. The van der Waals surface area contributed by atoms with Gasteiger partial charge in [-0.2, -0.15) is 5.10 Å². The Hall–Kier alpha value is -2.34. The van der Waals surface area contributed by atoms with Gasteiger partial charge in [0.15, 0.2) is 0 Å². The van der Waals surface area contributed by atoms with Gasteiger partial charge in [0.05, 0.1) is 11.6 Å². The fourth-order valence-corrected chi connectivity index (χ4v) is 3.19. The van der Waals surface area contributed by atoms with Crippen LogP contribution in [-0.2, 0) is 4.79 Å². The highest BCUT2D eigenvalue weighted by Crippen LogP contribution is 2.25. The van der Waals surface area contributed by atoms with Gasteiger partial charge in [-0.1, -0.05) is 30.7 Å². The number of hydrogen-bond donors (Lipinski definition) is 2. The molecule has 24 heavy (non-hydrogen) atoms. The van der Waals surface area contributed by atoms with Gasteiger partial charge >= 0.3 is 5.97 Å². The summed E-state index contributed by atoms with van der Waals surface area (Å²) in [5.74, 6) is -1.40. The molecule has 7 heteroatoms. The first kappa shape index (κ1) is 16.5. The van der Waals surface area contributed by atoms with Crippen LogP contribution in [0.1, 0.15) is 23.8 Å². The van der Waals surface area contributed by atoms with Gasteiger partial charge in [0.2, 0.25) is 0 Å². The van der Waals surface area contributed by atoms with E-state index in [1.165, 1.54) is 0 Å². The van der Waals surface area contributed by atoms with E-state index in [0.29, 0.717) is 35.9 Å². The molecule has 126 valence electrons. The molecule has 1 fully saturated rings. The van der Waals surface area contributed by atoms with Crippen molar-refractivity contribution in [3.05, 3.63) is 41.0 Å². The van der Waals surface area contributed by atoms with Crippen LogP contribution in [0.25, 0.3) is 11.3 Å². The van der Waals surface area contributed by atoms with Gasteiger partial charge in [0.1, 0.15) is 5.69 Å². The zero-order valence-corrected chi connectivity index (χ0v) is 14.0. The number of aliphatic carboxylic acids is 1. The number of carbonyl (C=O) groups excluding carboxylic acids is 1. The summed E-state index contributed by atoms with van der Waals surface area (Å²) in [6, 6.07) is 8.93. The summed E-state index contributed by atoms with van der Waals surface area (Å²) in [6.07, 6.45) is 0.473. The summed E-state index contributed by atoms with van der Waals surface area (Å²) >= 11 is 5.87. The molecule has 0 radical (unpaired) electrons. The molecule has 0 bridgehead atoms. The van der Waals surface area contributed by atoms with Gasteiger partial charge in [0.25, 0.3) is 5.91 Å². The second kappa shape index (κ2) is 6.65. The Morgan fingerprint density at radius 1 is 1.33 bits per heavy atom. The lowest BCUT2D eigenvalue weighted by molar-refractivity contribution is -0.145. The number of nitrogens with one attached hydrogen (secondary N) is 1. The van der Waals surface area contributed by atoms with Crippen molar-refractivity contribution in [1.29, 1.82) is 0 Å². The smallest absolute Gasteiger partial charge is 0.306 e. The highest BCUT2D eigenvalue weighted by atomic mass is 35.5. The molecule has 3 rings (SSSR count). The Morgan fingerprint density at radius 2 is 2.04 bits per heavy atom. The molecule has 1 saturated heterocycles. The third-order valence-corrected chi connectivity index (χ3v) is 4.71. The summed E-state index contributed by atoms with van der Waals surface area (Å²) in [5.41, 5.74) is 1.94. The first-order valence-corrected chi connectivity index (χ1v) is 8.17. The molecule has 0 spiro atoms. The number of amides is 1. The molecule has 0 saturated carbocycles. The van der Waals surface area contributed by atoms with Gasteiger partial charge in [-0.05, 0) is 30.5 Å². The molecule has 2 N–H and O–H groups in total. The fraction of sp³-hybridized carbons (Fsp3) is 0.353. The highest BCUT2D eigenvalue weighted by molar-refractivity contribution is 6.30. The quantitative estimate of drug-likeness (QED) is 0.893. The summed E-state index contributed by atoms with van der Waals surface area (Å²) in [4.78, 5) is 25.5. The van der Waals surface area contributed by atoms with Gasteiger partial charge in [-0.25, -0.2) is 0 Å². The largest absolute Gasteiger partial charge is 0.481 e. The van der Waals surface area contributed by atoms with Crippen molar-refractivity contribution in [1.82, 2.24) is 15.1 Å². The number of hydrogen-bond acceptors (Lipinski definition) is 3. The molecule has 1 aromatic heterocycles. The normalized spacial score (nSPS) is 20.8. The number of aromatic nitrogens is 2. The molecule has 2 unspecified atom stereocenters. The van der Waals surface area contributed by atoms with Crippen LogP contribution in [0.3, 0.4) is 0 Å². The van der Waals surface area contributed by atoms with Crippen molar-refractivity contribution in [3.63, 3.8) is 0 Å². The minimum Gasteiger partial charge on any atom is -0.481 e. The molecular formula is C17H18ClN3O3. The summed E-state index contributed by atoms with van der Waals surface area (Å²) in [5, 5.41) is 16.8. The Morgan fingerprint density at radius 3 is 2.67 bits per heavy atom. The summed E-state index contributed by atoms with van der Waals surface area (Å²) in [6.45, 7) is 2.74. The Bertz CT molecular complexity index is 757. The van der Waals surface area contributed by atoms with Crippen LogP contribution < -0.4 is 0 Å². The molecular weight excluding hydrogens is 330 g/mol. The Balaban J connectivity index is 1.72. The highest BCUT2D eigenvalue weighted by Gasteiger charge is 2.33. The van der Waals surface area contributed by atoms with E-state index >= 15 is 0 Å². The lowest BCUT2D eigenvalue weighted by Crippen LogP contribution is -2.45. The fourth-order valence-electron chi connectivity index (χ4n) is 3.07. The van der Waals surface area contributed by atoms with Crippen molar-refractivity contribution in [3.8, 4) is 11.3 Å². The zero-order valence-electron chi connectivity index (χ0n) is 13.2. The second-order valence-corrected chi connectivity index (χ2v) is 6.57. The molecule has 2 aromatic rings. The van der Waals surface area contributed by atoms with Crippen LogP contribution in [0.5, 0.6) is 0 Å². The molecule has 1 amide bonds. The Kier molecular flexibility index (Phi) is 4.57. The van der Waals surface area contributed by atoms with E-state index in [-0.39, 0.29) is 17.7 Å². The van der Waals surface area contributed by atoms with Crippen molar-refractivity contribution < 1.29 is 14.7 Å². The number of benzene rings is 1. The number of carboxylic acids is 1. The molecule has 1 aromatic carbocycles. The average molecular weight is 348 g/mol. The van der Waals surface area contributed by atoms with E-state index in [2.05, 4.69) is 10.2 Å². The van der Waals surface area contributed by atoms with Crippen LogP contribution >= 0.6 is 11.6 Å². The van der Waals surface area contributed by atoms with E-state index < -0.39 is 5.97 Å². The van der Waals surface area contributed by atoms with Crippen LogP contribution in [-0.4, -0.2) is 45.2 Å². The SMILES string of the molecule is CC1CN(C(=O)c2cc(-c3ccc(Cl)cc3)n[nH]2)CCC1C(=O)O. The van der Waals surface area contributed by atoms with Crippen molar-refractivity contribution in [2.75, 3.05) is 13.1 Å². The van der Waals surface area contributed by atoms with Crippen LogP contribution in [0, 0.1) is 11.8 Å². The second-order valence-electron chi connectivity index (χ2n) is 6.14. The third kappa shape index (κ3) is 3.28. The maximum absolute atomic E-state index is 12.6. The monoisotopic (exact) mass is 347 g/mol. The lowest BCUT2D eigenvalue weighted by Gasteiger charge is -2.34. The molecule has 1 aliphatic rings. The standard InChI is InChI=1S/C17H18ClN3O3/c1-10-9-21(7-6-13(10)17(23)24)16(22)15-8-14(19-20-15)11-2-4-12(18)5-3-11/h2-5,8,10,13H,6-7,9H2,1H3,(H,19,20)(H,23,24). The van der Waals surface area contributed by atoms with E-state index in [1.54, 1.807) is 23.1 Å².